The van der Waals surface area contributed by atoms with Gasteiger partial charge in [-0.1, -0.05) is 27.7 Å². The molecule has 0 saturated carbocycles. The summed E-state index contributed by atoms with van der Waals surface area (Å²) in [6.45, 7) is 7.04. The van der Waals surface area contributed by atoms with Crippen LogP contribution in [0.5, 0.6) is 0 Å². The van der Waals surface area contributed by atoms with Gasteiger partial charge in [-0.05, 0) is 24.7 Å². The van der Waals surface area contributed by atoms with Gasteiger partial charge in [-0.15, -0.1) is 0 Å². The lowest BCUT2D eigenvalue weighted by Crippen LogP contribution is -2.55. The Kier molecular flexibility index (Phi) is 9.73. The Morgan fingerprint density at radius 2 is 1.52 bits per heavy atom. The Balaban J connectivity index is 5.07. The van der Waals surface area contributed by atoms with Crippen LogP contribution in [0.3, 0.4) is 0 Å². The van der Waals surface area contributed by atoms with Gasteiger partial charge < -0.3 is 26.6 Å². The lowest BCUT2D eigenvalue weighted by molar-refractivity contribution is -0.144. The molecule has 0 fully saturated rings. The molecular formula is C16H29N3O6. The van der Waals surface area contributed by atoms with Crippen molar-refractivity contribution in [1.82, 2.24) is 10.6 Å². The number of nitrogens with one attached hydrogen (secondary N) is 2. The smallest absolute Gasteiger partial charge is 0.326 e. The lowest BCUT2D eigenvalue weighted by Gasteiger charge is -2.24. The van der Waals surface area contributed by atoms with Crippen LogP contribution in [-0.4, -0.2) is 52.1 Å². The first kappa shape index (κ1) is 22.8. The number of carboxylic acid groups (broad SMARTS) is 2. The highest BCUT2D eigenvalue weighted by atomic mass is 16.4. The van der Waals surface area contributed by atoms with Crippen molar-refractivity contribution in [3.8, 4) is 0 Å². The second-order valence-electron chi connectivity index (χ2n) is 6.80. The third-order valence-electron chi connectivity index (χ3n) is 3.57. The average Bonchev–Trinajstić information content (AvgIpc) is 2.46. The second kappa shape index (κ2) is 10.7. The molecule has 0 saturated heterocycles. The van der Waals surface area contributed by atoms with Gasteiger partial charge in [0.1, 0.15) is 12.1 Å². The Bertz CT molecular complexity index is 492. The summed E-state index contributed by atoms with van der Waals surface area (Å²) in [4.78, 5) is 46.4. The van der Waals surface area contributed by atoms with E-state index in [0.29, 0.717) is 6.42 Å². The monoisotopic (exact) mass is 359 g/mol. The number of rotatable bonds is 11. The summed E-state index contributed by atoms with van der Waals surface area (Å²) in [5, 5.41) is 22.7. The maximum Gasteiger partial charge on any atom is 0.326 e. The van der Waals surface area contributed by atoms with E-state index < -0.39 is 41.9 Å². The molecule has 2 amide bonds. The fourth-order valence-corrected chi connectivity index (χ4v) is 2.20. The summed E-state index contributed by atoms with van der Waals surface area (Å²) >= 11 is 0. The molecule has 0 aliphatic carbocycles. The summed E-state index contributed by atoms with van der Waals surface area (Å²) in [5.41, 5.74) is 5.77. The van der Waals surface area contributed by atoms with Crippen molar-refractivity contribution in [3.05, 3.63) is 0 Å². The van der Waals surface area contributed by atoms with Crippen LogP contribution in [0.1, 0.15) is 47.0 Å². The Morgan fingerprint density at radius 3 is 1.92 bits per heavy atom. The highest BCUT2D eigenvalue weighted by Gasteiger charge is 2.29. The SMILES string of the molecule is CC(C)C[C@H](N)C(=O)N[C@@H](CCC(=O)O)C(=O)N[C@H](C(=O)O)C(C)C. The molecule has 9 nitrogen and oxygen atoms in total. The van der Waals surface area contributed by atoms with Crippen LogP contribution in [0.4, 0.5) is 0 Å². The first-order valence-corrected chi connectivity index (χ1v) is 8.26. The lowest BCUT2D eigenvalue weighted by atomic mass is 10.0. The molecule has 0 rings (SSSR count). The number of amides is 2. The zero-order chi connectivity index (χ0) is 19.7. The minimum atomic E-state index is -1.21. The van der Waals surface area contributed by atoms with E-state index in [0.717, 1.165) is 0 Å². The van der Waals surface area contributed by atoms with Gasteiger partial charge >= 0.3 is 11.9 Å². The predicted molar refractivity (Wildman–Crippen MR) is 90.6 cm³/mol. The topological polar surface area (TPSA) is 159 Å². The molecule has 0 unspecified atom stereocenters. The number of carbonyl (C=O) groups is 4. The number of carboxylic acids is 2. The zero-order valence-corrected chi connectivity index (χ0v) is 15.1. The number of hydrogen-bond acceptors (Lipinski definition) is 5. The molecule has 0 aromatic carbocycles. The van der Waals surface area contributed by atoms with E-state index in [1.54, 1.807) is 13.8 Å². The van der Waals surface area contributed by atoms with Gasteiger partial charge in [0, 0.05) is 6.42 Å². The van der Waals surface area contributed by atoms with Crippen molar-refractivity contribution in [1.29, 1.82) is 0 Å². The van der Waals surface area contributed by atoms with E-state index in [9.17, 15) is 19.2 Å². The molecule has 0 aliphatic heterocycles. The van der Waals surface area contributed by atoms with Crippen molar-refractivity contribution < 1.29 is 29.4 Å². The van der Waals surface area contributed by atoms with Crippen molar-refractivity contribution >= 4 is 23.8 Å². The standard InChI is InChI=1S/C16H29N3O6/c1-8(2)7-10(17)14(22)18-11(5-6-12(20)21)15(23)19-13(9(3)4)16(24)25/h8-11,13H,5-7,17H2,1-4H3,(H,18,22)(H,19,23)(H,20,21)(H,24,25)/t10-,11-,13-/m0/s1. The Hall–Kier alpha value is -2.16. The molecule has 0 bridgehead atoms. The molecule has 25 heavy (non-hydrogen) atoms. The third-order valence-corrected chi connectivity index (χ3v) is 3.57. The van der Waals surface area contributed by atoms with Gasteiger partial charge in [0.25, 0.3) is 0 Å². The largest absolute Gasteiger partial charge is 0.481 e. The molecule has 0 heterocycles. The van der Waals surface area contributed by atoms with E-state index in [1.807, 2.05) is 13.8 Å². The summed E-state index contributed by atoms with van der Waals surface area (Å²) in [7, 11) is 0. The van der Waals surface area contributed by atoms with E-state index in [2.05, 4.69) is 10.6 Å². The van der Waals surface area contributed by atoms with E-state index in [-0.39, 0.29) is 24.7 Å². The summed E-state index contributed by atoms with van der Waals surface area (Å²) in [5.74, 6) is -3.85. The van der Waals surface area contributed by atoms with Crippen molar-refractivity contribution in [2.24, 2.45) is 17.6 Å². The first-order valence-electron chi connectivity index (χ1n) is 8.26. The molecule has 0 aromatic rings. The average molecular weight is 359 g/mol. The number of nitrogens with two attached hydrogens (primary N) is 1. The summed E-state index contributed by atoms with van der Waals surface area (Å²) in [6, 6.07) is -3.14. The number of hydrogen-bond donors (Lipinski definition) is 5. The predicted octanol–water partition coefficient (Wildman–Crippen LogP) is -0.0652. The zero-order valence-electron chi connectivity index (χ0n) is 15.1. The normalized spacial score (nSPS) is 14.7. The molecule has 0 radical (unpaired) electrons. The van der Waals surface area contributed by atoms with Crippen LogP contribution in [0, 0.1) is 11.8 Å². The van der Waals surface area contributed by atoms with E-state index >= 15 is 0 Å². The minimum Gasteiger partial charge on any atom is -0.481 e. The fraction of sp³-hybridized carbons (Fsp3) is 0.750. The molecule has 0 aliphatic rings. The van der Waals surface area contributed by atoms with Crippen LogP contribution < -0.4 is 16.4 Å². The quantitative estimate of drug-likeness (QED) is 0.345. The third kappa shape index (κ3) is 9.04. The van der Waals surface area contributed by atoms with Gasteiger partial charge in [0.2, 0.25) is 11.8 Å². The van der Waals surface area contributed by atoms with Crippen molar-refractivity contribution in [3.63, 3.8) is 0 Å². The first-order chi connectivity index (χ1) is 11.5. The summed E-state index contributed by atoms with van der Waals surface area (Å²) < 4.78 is 0. The maximum absolute atomic E-state index is 12.3. The van der Waals surface area contributed by atoms with Crippen LogP contribution >= 0.6 is 0 Å². The van der Waals surface area contributed by atoms with Crippen LogP contribution in [-0.2, 0) is 19.2 Å². The second-order valence-corrected chi connectivity index (χ2v) is 6.80. The number of carbonyl (C=O) groups excluding carboxylic acids is 2. The molecule has 3 atom stereocenters. The molecule has 0 spiro atoms. The molecule has 144 valence electrons. The van der Waals surface area contributed by atoms with Crippen molar-refractivity contribution in [2.75, 3.05) is 0 Å². The molecule has 6 N–H and O–H groups in total. The van der Waals surface area contributed by atoms with Crippen LogP contribution in [0.2, 0.25) is 0 Å². The Morgan fingerprint density at radius 1 is 0.960 bits per heavy atom. The van der Waals surface area contributed by atoms with Crippen molar-refractivity contribution in [2.45, 2.75) is 65.1 Å². The summed E-state index contributed by atoms with van der Waals surface area (Å²) in [6.07, 6.45) is -0.105. The molecule has 9 heteroatoms. The highest BCUT2D eigenvalue weighted by molar-refractivity contribution is 5.92. The highest BCUT2D eigenvalue weighted by Crippen LogP contribution is 2.07. The maximum atomic E-state index is 12.3. The van der Waals surface area contributed by atoms with Gasteiger partial charge in [-0.3, -0.25) is 14.4 Å². The van der Waals surface area contributed by atoms with Crippen LogP contribution in [0.25, 0.3) is 0 Å². The van der Waals surface area contributed by atoms with E-state index in [4.69, 9.17) is 15.9 Å². The fourth-order valence-electron chi connectivity index (χ4n) is 2.20. The van der Waals surface area contributed by atoms with Gasteiger partial charge in [0.05, 0.1) is 6.04 Å². The molecule has 0 aromatic heterocycles. The van der Waals surface area contributed by atoms with Gasteiger partial charge in [0.15, 0.2) is 0 Å². The van der Waals surface area contributed by atoms with Crippen LogP contribution in [0.15, 0.2) is 0 Å². The number of aliphatic carboxylic acids is 2. The minimum absolute atomic E-state index is 0.161. The Labute approximate surface area is 147 Å². The van der Waals surface area contributed by atoms with E-state index in [1.165, 1.54) is 0 Å². The van der Waals surface area contributed by atoms with Gasteiger partial charge in [-0.25, -0.2) is 4.79 Å². The van der Waals surface area contributed by atoms with Gasteiger partial charge in [-0.2, -0.15) is 0 Å². The molecular weight excluding hydrogens is 330 g/mol.